The Morgan fingerprint density at radius 1 is 0.971 bits per heavy atom. The van der Waals surface area contributed by atoms with Crippen LogP contribution in [0.4, 0.5) is 5.69 Å². The van der Waals surface area contributed by atoms with E-state index in [2.05, 4.69) is 5.32 Å². The molecule has 0 radical (unpaired) electrons. The van der Waals surface area contributed by atoms with Crippen molar-refractivity contribution in [3.8, 4) is 0 Å². The van der Waals surface area contributed by atoms with Gasteiger partial charge in [0.15, 0.2) is 0 Å². The predicted molar refractivity (Wildman–Crippen MR) is 129 cm³/mol. The molecule has 176 valence electrons. The number of esters is 1. The number of ether oxygens (including phenoxy) is 1. The van der Waals surface area contributed by atoms with Gasteiger partial charge in [-0.25, -0.2) is 13.2 Å². The third kappa shape index (κ3) is 4.88. The lowest BCUT2D eigenvalue weighted by Gasteiger charge is -2.35. The van der Waals surface area contributed by atoms with Gasteiger partial charge in [0.05, 0.1) is 17.1 Å². The van der Waals surface area contributed by atoms with Crippen LogP contribution in [0.25, 0.3) is 0 Å². The lowest BCUT2D eigenvalue weighted by Crippen LogP contribution is -2.50. The van der Waals surface area contributed by atoms with E-state index in [1.807, 2.05) is 31.2 Å². The van der Waals surface area contributed by atoms with Crippen molar-refractivity contribution in [2.45, 2.75) is 37.8 Å². The number of rotatable bonds is 6. The van der Waals surface area contributed by atoms with Crippen molar-refractivity contribution in [1.82, 2.24) is 4.31 Å². The molecule has 1 N–H and O–H groups in total. The Hall–Kier alpha value is -3.49. The fourth-order valence-corrected chi connectivity index (χ4v) is 5.52. The Labute approximate surface area is 199 Å². The van der Waals surface area contributed by atoms with Crippen molar-refractivity contribution in [1.29, 1.82) is 0 Å². The maximum atomic E-state index is 13.6. The number of anilines is 1. The second-order valence-corrected chi connectivity index (χ2v) is 10.0. The molecular formula is C26H26N2O5S. The largest absolute Gasteiger partial charge is 0.462 e. The van der Waals surface area contributed by atoms with Gasteiger partial charge in [-0.2, -0.15) is 4.31 Å². The minimum absolute atomic E-state index is 0.103. The summed E-state index contributed by atoms with van der Waals surface area (Å²) in [6.45, 7) is 3.99. The SMILES string of the molecule is CCOC(=O)c1ccc(NC(=O)C2Cc3ccccc3CN2S(=O)(=O)c2ccc(C)cc2)cc1. The van der Waals surface area contributed by atoms with E-state index >= 15 is 0 Å². The lowest BCUT2D eigenvalue weighted by molar-refractivity contribution is -0.120. The highest BCUT2D eigenvalue weighted by molar-refractivity contribution is 7.89. The molecule has 1 heterocycles. The van der Waals surface area contributed by atoms with Gasteiger partial charge in [-0.3, -0.25) is 4.79 Å². The first-order valence-corrected chi connectivity index (χ1v) is 12.5. The van der Waals surface area contributed by atoms with Crippen molar-refractivity contribution in [3.63, 3.8) is 0 Å². The molecule has 1 amide bonds. The van der Waals surface area contributed by atoms with E-state index in [1.165, 1.54) is 4.31 Å². The third-order valence-electron chi connectivity index (χ3n) is 5.80. The van der Waals surface area contributed by atoms with Crippen molar-refractivity contribution < 1.29 is 22.7 Å². The Balaban J connectivity index is 1.62. The molecule has 3 aromatic rings. The van der Waals surface area contributed by atoms with Gasteiger partial charge in [0.1, 0.15) is 6.04 Å². The maximum absolute atomic E-state index is 13.6. The van der Waals surface area contributed by atoms with E-state index in [0.29, 0.717) is 11.3 Å². The average Bonchev–Trinajstić information content (AvgIpc) is 2.84. The Morgan fingerprint density at radius 3 is 2.26 bits per heavy atom. The normalized spacial score (nSPS) is 15.9. The van der Waals surface area contributed by atoms with Crippen LogP contribution in [0.3, 0.4) is 0 Å². The number of carbonyl (C=O) groups is 2. The van der Waals surface area contributed by atoms with E-state index in [0.717, 1.165) is 16.7 Å². The topological polar surface area (TPSA) is 92.8 Å². The van der Waals surface area contributed by atoms with E-state index in [4.69, 9.17) is 4.74 Å². The molecule has 0 spiro atoms. The molecule has 0 aromatic heterocycles. The molecule has 8 heteroatoms. The number of fused-ring (bicyclic) bond motifs is 1. The summed E-state index contributed by atoms with van der Waals surface area (Å²) in [5.41, 5.74) is 3.60. The van der Waals surface area contributed by atoms with Gasteiger partial charge in [0, 0.05) is 12.2 Å². The summed E-state index contributed by atoms with van der Waals surface area (Å²) in [5.74, 6) is -0.881. The highest BCUT2D eigenvalue weighted by Crippen LogP contribution is 2.30. The Morgan fingerprint density at radius 2 is 1.62 bits per heavy atom. The monoisotopic (exact) mass is 478 g/mol. The number of nitrogens with one attached hydrogen (secondary N) is 1. The summed E-state index contributed by atoms with van der Waals surface area (Å²) in [7, 11) is -3.92. The first-order valence-electron chi connectivity index (χ1n) is 11.0. The Bertz CT molecular complexity index is 1300. The summed E-state index contributed by atoms with van der Waals surface area (Å²) in [6, 6.07) is 19.5. The van der Waals surface area contributed by atoms with Crippen LogP contribution in [0.2, 0.25) is 0 Å². The second-order valence-electron chi connectivity index (χ2n) is 8.14. The van der Waals surface area contributed by atoms with Gasteiger partial charge in [0.2, 0.25) is 15.9 Å². The lowest BCUT2D eigenvalue weighted by atomic mass is 9.95. The van der Waals surface area contributed by atoms with Crippen LogP contribution in [0.5, 0.6) is 0 Å². The maximum Gasteiger partial charge on any atom is 0.338 e. The van der Waals surface area contributed by atoms with Gasteiger partial charge in [0.25, 0.3) is 0 Å². The van der Waals surface area contributed by atoms with E-state index in [9.17, 15) is 18.0 Å². The molecule has 0 aliphatic carbocycles. The highest BCUT2D eigenvalue weighted by atomic mass is 32.2. The van der Waals surface area contributed by atoms with Crippen LogP contribution in [0, 0.1) is 6.92 Å². The Kier molecular flexibility index (Phi) is 6.81. The zero-order valence-electron chi connectivity index (χ0n) is 19.0. The van der Waals surface area contributed by atoms with Gasteiger partial charge < -0.3 is 10.1 Å². The van der Waals surface area contributed by atoms with Crippen LogP contribution in [0.1, 0.15) is 34.0 Å². The number of nitrogens with zero attached hydrogens (tertiary/aromatic N) is 1. The minimum atomic E-state index is -3.92. The molecule has 34 heavy (non-hydrogen) atoms. The number of carbonyl (C=O) groups excluding carboxylic acids is 2. The quantitative estimate of drug-likeness (QED) is 0.542. The molecular weight excluding hydrogens is 452 g/mol. The van der Waals surface area contributed by atoms with E-state index < -0.39 is 27.9 Å². The summed E-state index contributed by atoms with van der Waals surface area (Å²) < 4.78 is 33.3. The van der Waals surface area contributed by atoms with Crippen molar-refractivity contribution in [3.05, 3.63) is 95.1 Å². The second kappa shape index (κ2) is 9.79. The van der Waals surface area contributed by atoms with Gasteiger partial charge in [-0.1, -0.05) is 42.0 Å². The molecule has 7 nitrogen and oxygen atoms in total. The molecule has 0 saturated carbocycles. The molecule has 1 aliphatic heterocycles. The number of hydrogen-bond acceptors (Lipinski definition) is 5. The van der Waals surface area contributed by atoms with Gasteiger partial charge in [-0.15, -0.1) is 0 Å². The van der Waals surface area contributed by atoms with Crippen molar-refractivity contribution >= 4 is 27.6 Å². The smallest absolute Gasteiger partial charge is 0.338 e. The van der Waals surface area contributed by atoms with Crippen LogP contribution >= 0.6 is 0 Å². The molecule has 3 aromatic carbocycles. The average molecular weight is 479 g/mol. The van der Waals surface area contributed by atoms with Crippen LogP contribution in [-0.2, 0) is 32.5 Å². The zero-order chi connectivity index (χ0) is 24.3. The highest BCUT2D eigenvalue weighted by Gasteiger charge is 2.39. The molecule has 0 saturated heterocycles. The van der Waals surface area contributed by atoms with Crippen molar-refractivity contribution in [2.75, 3.05) is 11.9 Å². The van der Waals surface area contributed by atoms with Crippen LogP contribution in [-0.4, -0.2) is 37.2 Å². The zero-order valence-corrected chi connectivity index (χ0v) is 19.8. The summed E-state index contributed by atoms with van der Waals surface area (Å²) in [6.07, 6.45) is 0.258. The summed E-state index contributed by atoms with van der Waals surface area (Å²) in [5, 5.41) is 2.81. The van der Waals surface area contributed by atoms with Crippen LogP contribution < -0.4 is 5.32 Å². The molecule has 1 unspecified atom stereocenters. The van der Waals surface area contributed by atoms with E-state index in [-0.39, 0.29) is 24.5 Å². The van der Waals surface area contributed by atoms with Gasteiger partial charge >= 0.3 is 5.97 Å². The molecule has 1 aliphatic rings. The fraction of sp³-hybridized carbons (Fsp3) is 0.231. The molecule has 1 atom stereocenters. The fourth-order valence-electron chi connectivity index (χ4n) is 3.95. The standard InChI is InChI=1S/C26H26N2O5S/c1-3-33-26(30)19-10-12-22(13-11-19)27-25(29)24-16-20-6-4-5-7-21(20)17-28(24)34(31,32)23-14-8-18(2)9-15-23/h4-15,24H,3,16-17H2,1-2H3,(H,27,29). The first-order chi connectivity index (χ1) is 16.3. The third-order valence-corrected chi connectivity index (χ3v) is 7.67. The predicted octanol–water partition coefficient (Wildman–Crippen LogP) is 3.93. The van der Waals surface area contributed by atoms with Crippen LogP contribution in [0.15, 0.2) is 77.7 Å². The summed E-state index contributed by atoms with van der Waals surface area (Å²) in [4.78, 5) is 25.3. The number of hydrogen-bond donors (Lipinski definition) is 1. The number of benzene rings is 3. The number of sulfonamides is 1. The number of aryl methyl sites for hydroxylation is 1. The molecule has 0 fully saturated rings. The van der Waals surface area contributed by atoms with Crippen molar-refractivity contribution in [2.24, 2.45) is 0 Å². The molecule has 4 rings (SSSR count). The molecule has 0 bridgehead atoms. The first kappa shape index (κ1) is 23.7. The van der Waals surface area contributed by atoms with E-state index in [1.54, 1.807) is 55.5 Å². The van der Waals surface area contributed by atoms with Gasteiger partial charge in [-0.05, 0) is 67.8 Å². The number of amides is 1. The minimum Gasteiger partial charge on any atom is -0.462 e. The summed E-state index contributed by atoms with van der Waals surface area (Å²) >= 11 is 0.